The molecule has 0 spiro atoms. The average Bonchev–Trinajstić information content (AvgIpc) is 3.75. The van der Waals surface area contributed by atoms with Gasteiger partial charge in [-0.25, -0.2) is 36.2 Å². The van der Waals surface area contributed by atoms with E-state index in [4.69, 9.17) is 14.1 Å². The Bertz CT molecular complexity index is 2580. The van der Waals surface area contributed by atoms with Gasteiger partial charge in [-0.05, 0) is 66.7 Å². The van der Waals surface area contributed by atoms with Crippen molar-refractivity contribution in [1.82, 2.24) is 29.5 Å². The highest BCUT2D eigenvalue weighted by atomic mass is 79.9. The zero-order valence-corrected chi connectivity index (χ0v) is 40.5. The van der Waals surface area contributed by atoms with E-state index in [1.807, 2.05) is 30.3 Å². The number of halogens is 3. The van der Waals surface area contributed by atoms with E-state index < -0.39 is 28.0 Å². The van der Waals surface area contributed by atoms with Crippen molar-refractivity contribution in [3.05, 3.63) is 93.4 Å². The normalized spacial score (nSPS) is 12.2. The number of aliphatic hydroxyl groups is 1. The van der Waals surface area contributed by atoms with Crippen LogP contribution < -0.4 is 4.74 Å². The van der Waals surface area contributed by atoms with Crippen LogP contribution in [0.25, 0.3) is 33.4 Å². The standard InChI is InChI=1S/C19H24BrN3O2Si.C16H16BrN3O4S.C3H7BrO2S/c1-19(2,3)26(4,5)25-12-14-7-6-8-18(22-14)23-16-9-13(20)10-17(24)15(16)11-21-23;1-25(22,23)6-5-24-15-8-11(17)7-14-13(15)9-18-20(14)16-4-2-3-12(10-21)19-16;1-7(5,6)3-2-4/h6-11,24H,12H2,1-5H3;2-4,7-9,21H,5-6,10H2,1H3;2-3H2,1H3. The van der Waals surface area contributed by atoms with Gasteiger partial charge < -0.3 is 19.4 Å². The molecule has 4 heterocycles. The van der Waals surface area contributed by atoms with Crippen LogP contribution in [0.2, 0.25) is 18.1 Å². The van der Waals surface area contributed by atoms with Crippen molar-refractivity contribution in [3.8, 4) is 23.1 Å². The van der Waals surface area contributed by atoms with E-state index in [2.05, 4.69) is 96.8 Å². The Morgan fingerprint density at radius 2 is 1.29 bits per heavy atom. The number of hydrogen-bond acceptors (Lipinski definition) is 12. The second-order valence-electron chi connectivity index (χ2n) is 14.8. The predicted octanol–water partition coefficient (Wildman–Crippen LogP) is 7.94. The maximum absolute atomic E-state index is 11.3. The Morgan fingerprint density at radius 3 is 1.81 bits per heavy atom. The average molecular weight is 1050 g/mol. The molecule has 0 unspecified atom stereocenters. The van der Waals surface area contributed by atoms with E-state index in [-0.39, 0.29) is 35.5 Å². The minimum atomic E-state index is -3.09. The highest BCUT2D eigenvalue weighted by Gasteiger charge is 2.37. The third-order valence-corrected chi connectivity index (χ3v) is 17.1. The highest BCUT2D eigenvalue weighted by molar-refractivity contribution is 9.10. The highest BCUT2D eigenvalue weighted by Crippen LogP contribution is 2.37. The van der Waals surface area contributed by atoms with Crippen molar-refractivity contribution in [3.63, 3.8) is 0 Å². The molecule has 20 heteroatoms. The number of alkyl halides is 1. The lowest BCUT2D eigenvalue weighted by atomic mass is 10.2. The van der Waals surface area contributed by atoms with Gasteiger partial charge in [0.25, 0.3) is 0 Å². The number of phenols is 1. The molecule has 0 amide bonds. The topological polar surface area (TPSA) is 189 Å². The van der Waals surface area contributed by atoms with Gasteiger partial charge in [-0.2, -0.15) is 10.2 Å². The summed E-state index contributed by atoms with van der Waals surface area (Å²) in [7, 11) is -7.65. The number of benzene rings is 2. The van der Waals surface area contributed by atoms with Crippen LogP contribution in [0.1, 0.15) is 32.2 Å². The Balaban J connectivity index is 0.000000221. The summed E-state index contributed by atoms with van der Waals surface area (Å²) in [4.78, 5) is 9.06. The van der Waals surface area contributed by atoms with Crippen molar-refractivity contribution in [2.24, 2.45) is 0 Å². The zero-order chi connectivity index (χ0) is 43.1. The summed E-state index contributed by atoms with van der Waals surface area (Å²) in [5.41, 5.74) is 2.97. The summed E-state index contributed by atoms with van der Waals surface area (Å²) >= 11 is 9.86. The molecule has 58 heavy (non-hydrogen) atoms. The van der Waals surface area contributed by atoms with Crippen LogP contribution in [0.4, 0.5) is 0 Å². The van der Waals surface area contributed by atoms with Crippen LogP contribution in [0, 0.1) is 0 Å². The number of pyridine rings is 2. The molecule has 0 bridgehead atoms. The Morgan fingerprint density at radius 1 is 0.776 bits per heavy atom. The van der Waals surface area contributed by atoms with Crippen molar-refractivity contribution >= 4 is 97.6 Å². The Labute approximate surface area is 365 Å². The lowest BCUT2D eigenvalue weighted by molar-refractivity contribution is 0.272. The van der Waals surface area contributed by atoms with Gasteiger partial charge in [0, 0.05) is 26.8 Å². The lowest BCUT2D eigenvalue weighted by Crippen LogP contribution is -2.40. The SMILES string of the molecule is CC(C)(C)[Si](C)(C)OCc1cccc(-n2ncc3c(O)cc(Br)cc32)n1.CS(=O)(=O)CCBr.CS(=O)(=O)CCOc1cc(Br)cc2c1cnn2-c1cccc(CO)n1. The number of ether oxygens (including phenoxy) is 1. The van der Waals surface area contributed by atoms with Crippen LogP contribution in [-0.4, -0.2) is 101 Å². The second kappa shape index (κ2) is 19.9. The summed E-state index contributed by atoms with van der Waals surface area (Å²) in [5.74, 6) is 2.17. The first kappa shape index (κ1) is 47.4. The third kappa shape index (κ3) is 13.4. The fraction of sp³-hybridized carbons (Fsp3) is 0.368. The molecule has 14 nitrogen and oxygen atoms in total. The van der Waals surface area contributed by atoms with Crippen LogP contribution in [-0.2, 0) is 37.3 Å². The monoisotopic (exact) mass is 1040 g/mol. The maximum Gasteiger partial charge on any atom is 0.192 e. The number of fused-ring (bicyclic) bond motifs is 2. The molecule has 2 aromatic carbocycles. The molecule has 0 atom stereocenters. The van der Waals surface area contributed by atoms with Crippen molar-refractivity contribution in [1.29, 1.82) is 0 Å². The smallest absolute Gasteiger partial charge is 0.192 e. The van der Waals surface area contributed by atoms with E-state index in [1.54, 1.807) is 52.1 Å². The number of phenolic OH excluding ortho intramolecular Hbond substituents is 1. The molecular formula is C38H47Br3N6O8S2Si. The molecule has 314 valence electrons. The second-order valence-corrected chi connectivity index (χ2v) is 26.7. The molecule has 0 saturated carbocycles. The minimum Gasteiger partial charge on any atom is -0.507 e. The fourth-order valence-electron chi connectivity index (χ4n) is 4.87. The molecule has 0 fully saturated rings. The van der Waals surface area contributed by atoms with Crippen molar-refractivity contribution in [2.75, 3.05) is 36.0 Å². The fourth-order valence-corrected chi connectivity index (χ4v) is 9.10. The molecule has 6 rings (SSSR count). The van der Waals surface area contributed by atoms with E-state index in [9.17, 15) is 27.0 Å². The van der Waals surface area contributed by atoms with Gasteiger partial charge in [0.2, 0.25) is 0 Å². The predicted molar refractivity (Wildman–Crippen MR) is 241 cm³/mol. The number of aromatic nitrogens is 6. The van der Waals surface area contributed by atoms with E-state index in [1.165, 1.54) is 12.5 Å². The van der Waals surface area contributed by atoms with Gasteiger partial charge in [-0.3, -0.25) is 0 Å². The first-order valence-corrected chi connectivity index (χ1v) is 27.5. The number of nitrogens with zero attached hydrogens (tertiary/aromatic N) is 6. The van der Waals surface area contributed by atoms with Gasteiger partial charge in [0.15, 0.2) is 29.8 Å². The van der Waals surface area contributed by atoms with Crippen molar-refractivity contribution < 1.29 is 36.2 Å². The zero-order valence-electron chi connectivity index (χ0n) is 33.1. The maximum atomic E-state index is 11.3. The number of hydrogen-bond donors (Lipinski definition) is 2. The van der Waals surface area contributed by atoms with Crippen LogP contribution in [0.3, 0.4) is 0 Å². The first-order chi connectivity index (χ1) is 27.0. The number of sulfone groups is 2. The van der Waals surface area contributed by atoms with Gasteiger partial charge >= 0.3 is 0 Å². The largest absolute Gasteiger partial charge is 0.507 e. The molecule has 4 aromatic heterocycles. The van der Waals surface area contributed by atoms with Crippen LogP contribution >= 0.6 is 47.8 Å². The van der Waals surface area contributed by atoms with E-state index in [0.717, 1.165) is 31.1 Å². The first-order valence-electron chi connectivity index (χ1n) is 17.8. The molecule has 0 radical (unpaired) electrons. The summed E-state index contributed by atoms with van der Waals surface area (Å²) in [6, 6.07) is 18.4. The molecule has 2 N–H and O–H groups in total. The van der Waals surface area contributed by atoms with E-state index in [0.29, 0.717) is 40.4 Å². The lowest BCUT2D eigenvalue weighted by Gasteiger charge is -2.36. The third-order valence-electron chi connectivity index (χ3n) is 8.97. The van der Waals surface area contributed by atoms with Crippen LogP contribution in [0.15, 0.2) is 82.0 Å². The summed E-state index contributed by atoms with van der Waals surface area (Å²) < 4.78 is 59.8. The molecule has 0 aliphatic heterocycles. The molecule has 0 aliphatic carbocycles. The Hall–Kier alpha value is -3.24. The van der Waals surface area contributed by atoms with Crippen LogP contribution in [0.5, 0.6) is 11.5 Å². The van der Waals surface area contributed by atoms with E-state index >= 15 is 0 Å². The number of aromatic hydroxyl groups is 1. The van der Waals surface area contributed by atoms with Gasteiger partial charge in [0.1, 0.15) is 27.9 Å². The van der Waals surface area contributed by atoms with Gasteiger partial charge in [-0.1, -0.05) is 80.7 Å². The Kier molecular flexibility index (Phi) is 16.3. The summed E-state index contributed by atoms with van der Waals surface area (Å²) in [5, 5.41) is 30.2. The van der Waals surface area contributed by atoms with Gasteiger partial charge in [-0.15, -0.1) is 0 Å². The minimum absolute atomic E-state index is 0.0603. The summed E-state index contributed by atoms with van der Waals surface area (Å²) in [6.07, 6.45) is 5.68. The van der Waals surface area contributed by atoms with Gasteiger partial charge in [0.05, 0.1) is 70.3 Å². The number of aliphatic hydroxyl groups excluding tert-OH is 1. The quantitative estimate of drug-likeness (QED) is 0.0891. The summed E-state index contributed by atoms with van der Waals surface area (Å²) in [6.45, 7) is 11.5. The molecule has 0 aliphatic rings. The van der Waals surface area contributed by atoms with Crippen molar-refractivity contribution in [2.45, 2.75) is 52.1 Å². The number of rotatable bonds is 12. The molecular weight excluding hydrogens is 1000 g/mol. The molecule has 0 saturated heterocycles. The molecule has 6 aromatic rings.